The SMILES string of the molecule is C=CCN([C@@H](CC(C)C)C(=O)OC)S(=O)(=O)N(CC=C)[C@@H](CC(C)C)C(=O)OC. The predicted molar refractivity (Wildman–Crippen MR) is 113 cm³/mol. The molecule has 0 saturated heterocycles. The zero-order valence-electron chi connectivity index (χ0n) is 18.5. The summed E-state index contributed by atoms with van der Waals surface area (Å²) in [7, 11) is -1.84. The van der Waals surface area contributed by atoms with Gasteiger partial charge in [-0.3, -0.25) is 9.59 Å². The van der Waals surface area contributed by atoms with Crippen molar-refractivity contribution >= 4 is 22.1 Å². The number of hydrogen-bond donors (Lipinski definition) is 0. The molecular weight excluding hydrogens is 396 g/mol. The lowest BCUT2D eigenvalue weighted by atomic mass is 10.0. The number of hydrogen-bond acceptors (Lipinski definition) is 6. The summed E-state index contributed by atoms with van der Waals surface area (Å²) in [6.07, 6.45) is 3.31. The number of carbonyl (C=O) groups is 2. The van der Waals surface area contributed by atoms with Gasteiger partial charge in [-0.15, -0.1) is 13.2 Å². The average molecular weight is 433 g/mol. The van der Waals surface area contributed by atoms with Crippen molar-refractivity contribution < 1.29 is 27.5 Å². The fourth-order valence-electron chi connectivity index (χ4n) is 2.98. The van der Waals surface area contributed by atoms with Gasteiger partial charge in [0.05, 0.1) is 14.2 Å². The first-order valence-corrected chi connectivity index (χ1v) is 11.0. The van der Waals surface area contributed by atoms with Crippen LogP contribution in [0.1, 0.15) is 40.5 Å². The van der Waals surface area contributed by atoms with Crippen LogP contribution in [-0.2, 0) is 29.3 Å². The Labute approximate surface area is 175 Å². The van der Waals surface area contributed by atoms with Crippen LogP contribution in [0.15, 0.2) is 25.3 Å². The van der Waals surface area contributed by atoms with Crippen LogP contribution in [0.3, 0.4) is 0 Å². The minimum absolute atomic E-state index is 0.0292. The van der Waals surface area contributed by atoms with E-state index in [0.717, 1.165) is 8.61 Å². The molecule has 9 heteroatoms. The standard InChI is InChI=1S/C20H36N2O6S/c1-9-11-21(17(13-15(3)4)19(23)27-7)29(25,26)22(12-10-2)18(14-16(5)6)20(24)28-8/h9-10,15-18H,1-2,11-14H2,3-8H3/t17-,18-/m0/s1. The molecular formula is C20H36N2O6S. The zero-order chi connectivity index (χ0) is 22.8. The molecule has 29 heavy (non-hydrogen) atoms. The first-order valence-electron chi connectivity index (χ1n) is 9.63. The molecule has 0 bridgehead atoms. The van der Waals surface area contributed by atoms with E-state index >= 15 is 0 Å². The predicted octanol–water partition coefficient (Wildman–Crippen LogP) is 2.38. The van der Waals surface area contributed by atoms with Crippen molar-refractivity contribution in [2.75, 3.05) is 27.3 Å². The normalized spacial score (nSPS) is 14.1. The van der Waals surface area contributed by atoms with Gasteiger partial charge in [-0.05, 0) is 24.7 Å². The topological polar surface area (TPSA) is 93.2 Å². The second-order valence-corrected chi connectivity index (χ2v) is 9.40. The Kier molecular flexibility index (Phi) is 12.0. The van der Waals surface area contributed by atoms with Crippen LogP contribution in [0.25, 0.3) is 0 Å². The summed E-state index contributed by atoms with van der Waals surface area (Å²) in [4.78, 5) is 24.9. The molecule has 0 N–H and O–H groups in total. The number of rotatable bonds is 14. The molecule has 0 aliphatic carbocycles. The number of nitrogens with zero attached hydrogens (tertiary/aromatic N) is 2. The fourth-order valence-corrected chi connectivity index (χ4v) is 4.83. The summed E-state index contributed by atoms with van der Waals surface area (Å²) in [6, 6.07) is -2.10. The molecule has 0 unspecified atom stereocenters. The van der Waals surface area contributed by atoms with Gasteiger partial charge in [0.15, 0.2) is 0 Å². The quantitative estimate of drug-likeness (QED) is 0.309. The first kappa shape index (κ1) is 27.3. The molecule has 0 aliphatic heterocycles. The molecule has 0 aromatic rings. The molecule has 8 nitrogen and oxygen atoms in total. The molecule has 168 valence electrons. The molecule has 0 aromatic carbocycles. The maximum absolute atomic E-state index is 13.6. The van der Waals surface area contributed by atoms with Gasteiger partial charge in [0.2, 0.25) is 0 Å². The Hall–Kier alpha value is -1.71. The molecule has 0 aromatic heterocycles. The van der Waals surface area contributed by atoms with Gasteiger partial charge in [-0.2, -0.15) is 17.0 Å². The van der Waals surface area contributed by atoms with E-state index in [1.54, 1.807) is 0 Å². The lowest BCUT2D eigenvalue weighted by Gasteiger charge is -2.36. The first-order chi connectivity index (χ1) is 13.5. The average Bonchev–Trinajstić information content (AvgIpc) is 2.65. The van der Waals surface area contributed by atoms with Crippen LogP contribution in [0.5, 0.6) is 0 Å². The number of ether oxygens (including phenoxy) is 2. The van der Waals surface area contributed by atoms with Crippen LogP contribution in [0.2, 0.25) is 0 Å². The van der Waals surface area contributed by atoms with Gasteiger partial charge in [-0.1, -0.05) is 39.8 Å². The van der Waals surface area contributed by atoms with Gasteiger partial charge in [0.1, 0.15) is 12.1 Å². The zero-order valence-corrected chi connectivity index (χ0v) is 19.3. The molecule has 0 spiro atoms. The second kappa shape index (κ2) is 12.8. The molecule has 0 fully saturated rings. The summed E-state index contributed by atoms with van der Waals surface area (Å²) in [5, 5.41) is 0. The van der Waals surface area contributed by atoms with Gasteiger partial charge in [0, 0.05) is 13.1 Å². The number of methoxy groups -OCH3 is 2. The van der Waals surface area contributed by atoms with E-state index in [0.29, 0.717) is 0 Å². The van der Waals surface area contributed by atoms with Gasteiger partial charge >= 0.3 is 11.9 Å². The molecule has 0 aliphatic rings. The Morgan fingerprint density at radius 3 is 1.34 bits per heavy atom. The Morgan fingerprint density at radius 1 is 0.828 bits per heavy atom. The van der Waals surface area contributed by atoms with Crippen LogP contribution in [0.4, 0.5) is 0 Å². The lowest BCUT2D eigenvalue weighted by molar-refractivity contribution is -0.145. The number of esters is 2. The molecule has 0 heterocycles. The lowest BCUT2D eigenvalue weighted by Crippen LogP contribution is -2.56. The van der Waals surface area contributed by atoms with Crippen LogP contribution < -0.4 is 0 Å². The second-order valence-electron chi connectivity index (χ2n) is 7.56. The van der Waals surface area contributed by atoms with Crippen molar-refractivity contribution in [2.45, 2.75) is 52.6 Å². The molecule has 0 saturated carbocycles. The summed E-state index contributed by atoms with van der Waals surface area (Å²) in [5.41, 5.74) is 0. The van der Waals surface area contributed by atoms with Crippen molar-refractivity contribution in [3.63, 3.8) is 0 Å². The van der Waals surface area contributed by atoms with Crippen molar-refractivity contribution in [3.05, 3.63) is 25.3 Å². The molecule has 0 rings (SSSR count). The van der Waals surface area contributed by atoms with Crippen LogP contribution in [-0.4, -0.2) is 68.4 Å². The van der Waals surface area contributed by atoms with E-state index < -0.39 is 34.2 Å². The van der Waals surface area contributed by atoms with Crippen molar-refractivity contribution in [1.29, 1.82) is 0 Å². The van der Waals surface area contributed by atoms with Crippen molar-refractivity contribution in [2.24, 2.45) is 11.8 Å². The summed E-state index contributed by atoms with van der Waals surface area (Å²) >= 11 is 0. The monoisotopic (exact) mass is 432 g/mol. The third kappa shape index (κ3) is 7.91. The minimum atomic E-state index is -4.26. The van der Waals surface area contributed by atoms with Crippen LogP contribution in [0, 0.1) is 11.8 Å². The highest BCUT2D eigenvalue weighted by Crippen LogP contribution is 2.24. The van der Waals surface area contributed by atoms with E-state index in [-0.39, 0.29) is 37.8 Å². The van der Waals surface area contributed by atoms with Crippen LogP contribution >= 0.6 is 0 Å². The molecule has 0 radical (unpaired) electrons. The van der Waals surface area contributed by atoms with E-state index in [9.17, 15) is 18.0 Å². The summed E-state index contributed by atoms with van der Waals surface area (Å²) in [5.74, 6) is -1.27. The highest BCUT2D eigenvalue weighted by molar-refractivity contribution is 7.86. The van der Waals surface area contributed by atoms with E-state index in [2.05, 4.69) is 13.2 Å². The van der Waals surface area contributed by atoms with E-state index in [4.69, 9.17) is 9.47 Å². The Bertz CT molecular complexity index is 610. The number of carbonyl (C=O) groups excluding carboxylic acids is 2. The van der Waals surface area contributed by atoms with Gasteiger partial charge in [0.25, 0.3) is 10.2 Å². The largest absolute Gasteiger partial charge is 0.468 e. The molecule has 2 atom stereocenters. The highest BCUT2D eigenvalue weighted by Gasteiger charge is 2.43. The Balaban J connectivity index is 6.44. The fraction of sp³-hybridized carbons (Fsp3) is 0.700. The van der Waals surface area contributed by atoms with Crippen molar-refractivity contribution in [3.8, 4) is 0 Å². The minimum Gasteiger partial charge on any atom is -0.468 e. The van der Waals surface area contributed by atoms with Gasteiger partial charge < -0.3 is 9.47 Å². The van der Waals surface area contributed by atoms with Gasteiger partial charge in [-0.25, -0.2) is 0 Å². The third-order valence-electron chi connectivity index (χ3n) is 4.24. The maximum Gasteiger partial charge on any atom is 0.324 e. The Morgan fingerprint density at radius 2 is 1.14 bits per heavy atom. The van der Waals surface area contributed by atoms with E-state index in [1.165, 1.54) is 26.4 Å². The van der Waals surface area contributed by atoms with E-state index in [1.807, 2.05) is 27.7 Å². The van der Waals surface area contributed by atoms with Crippen molar-refractivity contribution in [1.82, 2.24) is 8.61 Å². The molecule has 0 amide bonds. The maximum atomic E-state index is 13.6. The summed E-state index contributed by atoms with van der Waals surface area (Å²) < 4.78 is 39.1. The smallest absolute Gasteiger partial charge is 0.324 e. The third-order valence-corrected chi connectivity index (χ3v) is 6.23. The summed E-state index contributed by atoms with van der Waals surface area (Å²) in [6.45, 7) is 14.5. The highest BCUT2D eigenvalue weighted by atomic mass is 32.2.